The van der Waals surface area contributed by atoms with E-state index in [0.717, 1.165) is 38.8 Å². The molecule has 2 aliphatic rings. The summed E-state index contributed by atoms with van der Waals surface area (Å²) in [5.74, 6) is 1.61. The van der Waals surface area contributed by atoms with Crippen LogP contribution in [0.25, 0.3) is 0 Å². The first-order valence-corrected chi connectivity index (χ1v) is 6.90. The normalized spacial score (nSPS) is 28.2. The molecule has 2 saturated heterocycles. The SMILES string of the molecule is CC(=O)N1CCCC1[C-](C)C1CCCN1C(C)=O. The molecule has 0 N–H and O–H groups in total. The highest BCUT2D eigenvalue weighted by Gasteiger charge is 2.31. The van der Waals surface area contributed by atoms with Gasteiger partial charge >= 0.3 is 0 Å². The van der Waals surface area contributed by atoms with Crippen LogP contribution in [0.5, 0.6) is 0 Å². The smallest absolute Gasteiger partial charge is 0.217 e. The number of carbonyl (C=O) groups excluding carboxylic acids is 2. The Balaban J connectivity index is 2.08. The Bertz CT molecular complexity index is 311. The highest BCUT2D eigenvalue weighted by atomic mass is 16.2. The Hall–Kier alpha value is -1.06. The van der Waals surface area contributed by atoms with Crippen LogP contribution < -0.4 is 0 Å². The van der Waals surface area contributed by atoms with Crippen molar-refractivity contribution in [1.82, 2.24) is 9.80 Å². The summed E-state index contributed by atoms with van der Waals surface area (Å²) in [7, 11) is 0. The molecule has 0 aromatic carbocycles. The van der Waals surface area contributed by atoms with Crippen molar-refractivity contribution in [3.63, 3.8) is 0 Å². The topological polar surface area (TPSA) is 40.6 Å². The maximum atomic E-state index is 11.6. The molecule has 102 valence electrons. The van der Waals surface area contributed by atoms with Crippen LogP contribution in [-0.4, -0.2) is 46.8 Å². The van der Waals surface area contributed by atoms with Gasteiger partial charge in [0.1, 0.15) is 0 Å². The molecule has 2 unspecified atom stereocenters. The van der Waals surface area contributed by atoms with Gasteiger partial charge in [0, 0.05) is 26.9 Å². The first-order chi connectivity index (χ1) is 8.52. The highest BCUT2D eigenvalue weighted by molar-refractivity contribution is 5.75. The molecule has 2 amide bonds. The highest BCUT2D eigenvalue weighted by Crippen LogP contribution is 2.34. The van der Waals surface area contributed by atoms with Gasteiger partial charge in [-0.25, -0.2) is 0 Å². The zero-order valence-electron chi connectivity index (χ0n) is 11.6. The van der Waals surface area contributed by atoms with Gasteiger partial charge in [0.2, 0.25) is 11.8 Å². The third-order valence-corrected chi connectivity index (χ3v) is 4.37. The fourth-order valence-electron chi connectivity index (χ4n) is 3.46. The summed E-state index contributed by atoms with van der Waals surface area (Å²) in [6.07, 6.45) is 4.25. The molecule has 0 aromatic heterocycles. The van der Waals surface area contributed by atoms with Crippen LogP contribution in [0, 0.1) is 5.92 Å². The molecule has 2 heterocycles. The van der Waals surface area contributed by atoms with E-state index in [9.17, 15) is 9.59 Å². The zero-order chi connectivity index (χ0) is 13.3. The Morgan fingerprint density at radius 3 is 1.67 bits per heavy atom. The Morgan fingerprint density at radius 1 is 0.944 bits per heavy atom. The fraction of sp³-hybridized carbons (Fsp3) is 0.786. The molecule has 0 aliphatic carbocycles. The van der Waals surface area contributed by atoms with Crippen LogP contribution in [-0.2, 0) is 9.59 Å². The molecule has 2 aliphatic heterocycles. The van der Waals surface area contributed by atoms with Crippen LogP contribution in [0.15, 0.2) is 0 Å². The number of hydrogen-bond donors (Lipinski definition) is 0. The predicted molar refractivity (Wildman–Crippen MR) is 69.7 cm³/mol. The van der Waals surface area contributed by atoms with Gasteiger partial charge in [-0.1, -0.05) is 24.9 Å². The number of carbonyl (C=O) groups is 2. The van der Waals surface area contributed by atoms with Crippen LogP contribution in [0.3, 0.4) is 0 Å². The van der Waals surface area contributed by atoms with E-state index in [4.69, 9.17) is 0 Å². The molecule has 2 fully saturated rings. The summed E-state index contributed by atoms with van der Waals surface area (Å²) >= 11 is 0. The van der Waals surface area contributed by atoms with Gasteiger partial charge in [0.15, 0.2) is 0 Å². The molecule has 18 heavy (non-hydrogen) atoms. The molecule has 4 nitrogen and oxygen atoms in total. The summed E-state index contributed by atoms with van der Waals surface area (Å²) in [4.78, 5) is 27.2. The minimum atomic E-state index is 0.157. The molecule has 0 bridgehead atoms. The maximum absolute atomic E-state index is 11.6. The van der Waals surface area contributed by atoms with Crippen LogP contribution >= 0.6 is 0 Å². The van der Waals surface area contributed by atoms with E-state index in [2.05, 4.69) is 6.92 Å². The van der Waals surface area contributed by atoms with Gasteiger partial charge in [0.25, 0.3) is 0 Å². The molecule has 4 heteroatoms. The lowest BCUT2D eigenvalue weighted by Crippen LogP contribution is -2.46. The second kappa shape index (κ2) is 5.29. The number of likely N-dealkylation sites (tertiary alicyclic amines) is 2. The minimum absolute atomic E-state index is 0.157. The fourth-order valence-corrected chi connectivity index (χ4v) is 3.46. The average Bonchev–Trinajstić information content (AvgIpc) is 2.97. The van der Waals surface area contributed by atoms with Crippen molar-refractivity contribution in [2.75, 3.05) is 13.1 Å². The summed E-state index contributed by atoms with van der Waals surface area (Å²) in [5.41, 5.74) is 0. The molecule has 2 atom stereocenters. The molecule has 0 spiro atoms. The minimum Gasteiger partial charge on any atom is -0.369 e. The van der Waals surface area contributed by atoms with Gasteiger partial charge in [-0.2, -0.15) is 6.92 Å². The molecule has 0 aromatic rings. The van der Waals surface area contributed by atoms with Gasteiger partial charge < -0.3 is 9.80 Å². The molecular weight excluding hydrogens is 228 g/mol. The van der Waals surface area contributed by atoms with Crippen LogP contribution in [0.4, 0.5) is 0 Å². The van der Waals surface area contributed by atoms with E-state index < -0.39 is 0 Å². The summed E-state index contributed by atoms with van der Waals surface area (Å²) in [6, 6.07) is 0.486. The van der Waals surface area contributed by atoms with E-state index in [1.165, 1.54) is 5.92 Å². The second-order valence-corrected chi connectivity index (χ2v) is 5.48. The lowest BCUT2D eigenvalue weighted by atomic mass is 9.90. The number of hydrogen-bond acceptors (Lipinski definition) is 2. The van der Waals surface area contributed by atoms with E-state index in [1.807, 2.05) is 9.80 Å². The standard InChI is InChI=1S/C14H23N2O2/c1-10(13-6-4-8-15(13)11(2)17)14-7-5-9-16(14)12(3)18/h13-14H,4-9H2,1-3H3/q-1. The summed E-state index contributed by atoms with van der Waals surface area (Å²) < 4.78 is 0. The van der Waals surface area contributed by atoms with Crippen LogP contribution in [0.1, 0.15) is 46.5 Å². The van der Waals surface area contributed by atoms with Crippen molar-refractivity contribution in [2.45, 2.75) is 58.5 Å². The van der Waals surface area contributed by atoms with Crippen molar-refractivity contribution in [3.05, 3.63) is 5.92 Å². The lowest BCUT2D eigenvalue weighted by Gasteiger charge is -2.47. The number of rotatable bonds is 2. The van der Waals surface area contributed by atoms with E-state index >= 15 is 0 Å². The molecule has 0 saturated carbocycles. The Kier molecular flexibility index (Phi) is 3.93. The summed E-state index contributed by atoms with van der Waals surface area (Å²) in [5, 5.41) is 0. The van der Waals surface area contributed by atoms with Crippen molar-refractivity contribution < 1.29 is 9.59 Å². The Morgan fingerprint density at radius 2 is 1.33 bits per heavy atom. The maximum Gasteiger partial charge on any atom is 0.217 e. The van der Waals surface area contributed by atoms with Crippen molar-refractivity contribution in [2.24, 2.45) is 0 Å². The molecular formula is C14H23N2O2-. The molecule has 2 rings (SSSR count). The summed E-state index contributed by atoms with van der Waals surface area (Å²) in [6.45, 7) is 7.14. The van der Waals surface area contributed by atoms with E-state index in [-0.39, 0.29) is 23.9 Å². The first-order valence-electron chi connectivity index (χ1n) is 6.90. The number of amides is 2. The van der Waals surface area contributed by atoms with Crippen molar-refractivity contribution in [3.8, 4) is 0 Å². The third-order valence-electron chi connectivity index (χ3n) is 4.37. The first kappa shape index (κ1) is 13.4. The predicted octanol–water partition coefficient (Wildman–Crippen LogP) is 1.60. The Labute approximate surface area is 109 Å². The molecule has 0 radical (unpaired) electrons. The van der Waals surface area contributed by atoms with Crippen molar-refractivity contribution >= 4 is 11.8 Å². The average molecular weight is 251 g/mol. The van der Waals surface area contributed by atoms with E-state index in [1.54, 1.807) is 13.8 Å². The van der Waals surface area contributed by atoms with Gasteiger partial charge in [-0.05, 0) is 12.8 Å². The lowest BCUT2D eigenvalue weighted by molar-refractivity contribution is -0.130. The third kappa shape index (κ3) is 2.38. The van der Waals surface area contributed by atoms with E-state index in [0.29, 0.717) is 0 Å². The zero-order valence-corrected chi connectivity index (χ0v) is 11.6. The van der Waals surface area contributed by atoms with Crippen molar-refractivity contribution in [1.29, 1.82) is 0 Å². The largest absolute Gasteiger partial charge is 0.369 e. The van der Waals surface area contributed by atoms with Gasteiger partial charge in [-0.3, -0.25) is 15.5 Å². The van der Waals surface area contributed by atoms with Gasteiger partial charge in [-0.15, -0.1) is 0 Å². The monoisotopic (exact) mass is 251 g/mol. The number of nitrogens with zero attached hydrogens (tertiary/aromatic N) is 2. The van der Waals surface area contributed by atoms with Crippen LogP contribution in [0.2, 0.25) is 0 Å². The quantitative estimate of drug-likeness (QED) is 0.699. The second-order valence-electron chi connectivity index (χ2n) is 5.48. The van der Waals surface area contributed by atoms with Gasteiger partial charge in [0.05, 0.1) is 0 Å².